The van der Waals surface area contributed by atoms with Gasteiger partial charge in [0.15, 0.2) is 0 Å². The van der Waals surface area contributed by atoms with Gasteiger partial charge >= 0.3 is 0 Å². The molecule has 0 saturated heterocycles. The van der Waals surface area contributed by atoms with Crippen LogP contribution in [0.15, 0.2) is 36.4 Å². The lowest BCUT2D eigenvalue weighted by atomic mass is 10.0. The molecule has 2 nitrogen and oxygen atoms in total. The third kappa shape index (κ3) is 3.19. The van der Waals surface area contributed by atoms with E-state index in [2.05, 4.69) is 22.6 Å². The van der Waals surface area contributed by atoms with Crippen LogP contribution in [0.25, 0.3) is 0 Å². The van der Waals surface area contributed by atoms with Crippen molar-refractivity contribution in [3.05, 3.63) is 61.9 Å². The van der Waals surface area contributed by atoms with Crippen molar-refractivity contribution in [2.45, 2.75) is 6.10 Å². The molecule has 2 aromatic rings. The van der Waals surface area contributed by atoms with E-state index >= 15 is 0 Å². The van der Waals surface area contributed by atoms with E-state index in [0.29, 0.717) is 21.9 Å². The number of halogens is 3. The molecule has 0 saturated carbocycles. The number of hydrogen-bond donors (Lipinski definition) is 1. The lowest BCUT2D eigenvalue weighted by Gasteiger charge is -2.17. The molecule has 2 rings (SSSR count). The molecule has 0 fully saturated rings. The SMILES string of the molecule is COc1ccc(F)cc1C(O)c1cc(Cl)ccc1I. The number of benzene rings is 2. The molecule has 0 heterocycles. The van der Waals surface area contributed by atoms with Crippen LogP contribution in [0, 0.1) is 9.39 Å². The van der Waals surface area contributed by atoms with Gasteiger partial charge in [-0.05, 0) is 64.6 Å². The van der Waals surface area contributed by atoms with Crippen molar-refractivity contribution in [2.24, 2.45) is 0 Å². The van der Waals surface area contributed by atoms with E-state index in [9.17, 15) is 9.50 Å². The third-order valence-electron chi connectivity index (χ3n) is 2.74. The second-order valence-electron chi connectivity index (χ2n) is 3.95. The van der Waals surface area contributed by atoms with Crippen molar-refractivity contribution in [2.75, 3.05) is 7.11 Å². The van der Waals surface area contributed by atoms with Gasteiger partial charge < -0.3 is 9.84 Å². The molecule has 1 unspecified atom stereocenters. The summed E-state index contributed by atoms with van der Waals surface area (Å²) in [6.07, 6.45) is -0.990. The van der Waals surface area contributed by atoms with E-state index in [1.54, 1.807) is 18.2 Å². The first-order valence-corrected chi connectivity index (χ1v) is 6.95. The maximum atomic E-state index is 13.3. The molecule has 5 heteroatoms. The van der Waals surface area contributed by atoms with Crippen LogP contribution in [0.5, 0.6) is 5.75 Å². The van der Waals surface area contributed by atoms with Gasteiger partial charge in [-0.15, -0.1) is 0 Å². The van der Waals surface area contributed by atoms with Gasteiger partial charge in [0.05, 0.1) is 7.11 Å². The number of ether oxygens (including phenoxy) is 1. The van der Waals surface area contributed by atoms with Gasteiger partial charge in [0.25, 0.3) is 0 Å². The van der Waals surface area contributed by atoms with Gasteiger partial charge in [0, 0.05) is 14.2 Å². The zero-order valence-electron chi connectivity index (χ0n) is 10.0. The molecule has 2 aromatic carbocycles. The van der Waals surface area contributed by atoms with E-state index in [0.717, 1.165) is 3.57 Å². The zero-order valence-corrected chi connectivity index (χ0v) is 12.9. The average molecular weight is 393 g/mol. The summed E-state index contributed by atoms with van der Waals surface area (Å²) in [5.74, 6) is 0.0107. The Kier molecular flexibility index (Phi) is 4.65. The molecule has 1 N–H and O–H groups in total. The largest absolute Gasteiger partial charge is 0.496 e. The van der Waals surface area contributed by atoms with Crippen LogP contribution < -0.4 is 4.74 Å². The fraction of sp³-hybridized carbons (Fsp3) is 0.143. The Morgan fingerprint density at radius 2 is 1.95 bits per heavy atom. The standard InChI is InChI=1S/C14H11ClFIO2/c1-19-13-5-3-9(16)7-11(13)14(18)10-6-8(15)2-4-12(10)17/h2-7,14,18H,1H3. The third-order valence-corrected chi connectivity index (χ3v) is 3.96. The van der Waals surface area contributed by atoms with Crippen LogP contribution in [0.3, 0.4) is 0 Å². The number of aliphatic hydroxyl groups is 1. The minimum atomic E-state index is -0.990. The number of aliphatic hydroxyl groups excluding tert-OH is 1. The second kappa shape index (κ2) is 6.07. The van der Waals surface area contributed by atoms with E-state index in [-0.39, 0.29) is 0 Å². The number of hydrogen-bond acceptors (Lipinski definition) is 2. The Labute approximate surface area is 129 Å². The normalized spacial score (nSPS) is 12.3. The summed E-state index contributed by atoms with van der Waals surface area (Å²) in [7, 11) is 1.48. The summed E-state index contributed by atoms with van der Waals surface area (Å²) in [4.78, 5) is 0. The van der Waals surface area contributed by atoms with Crippen molar-refractivity contribution in [3.63, 3.8) is 0 Å². The Morgan fingerprint density at radius 1 is 1.21 bits per heavy atom. The Morgan fingerprint density at radius 3 is 2.63 bits per heavy atom. The predicted molar refractivity (Wildman–Crippen MR) is 81.2 cm³/mol. The highest BCUT2D eigenvalue weighted by Gasteiger charge is 2.19. The first-order valence-electron chi connectivity index (χ1n) is 5.49. The molecule has 0 aliphatic carbocycles. The van der Waals surface area contributed by atoms with E-state index < -0.39 is 11.9 Å². The fourth-order valence-electron chi connectivity index (χ4n) is 1.81. The molecular weight excluding hydrogens is 382 g/mol. The van der Waals surface area contributed by atoms with Crippen molar-refractivity contribution in [1.29, 1.82) is 0 Å². The van der Waals surface area contributed by atoms with Crippen LogP contribution >= 0.6 is 34.2 Å². The molecule has 0 aromatic heterocycles. The van der Waals surface area contributed by atoms with Crippen LogP contribution in [0.4, 0.5) is 4.39 Å². The summed E-state index contributed by atoms with van der Waals surface area (Å²) in [5, 5.41) is 10.9. The molecule has 0 bridgehead atoms. The van der Waals surface area contributed by atoms with Gasteiger partial charge in [-0.1, -0.05) is 11.6 Å². The number of rotatable bonds is 3. The first-order chi connectivity index (χ1) is 9.02. The molecule has 0 aliphatic rings. The molecule has 1 atom stereocenters. The molecule has 19 heavy (non-hydrogen) atoms. The minimum Gasteiger partial charge on any atom is -0.496 e. The Bertz CT molecular complexity index is 604. The van der Waals surface area contributed by atoms with Gasteiger partial charge in [-0.25, -0.2) is 4.39 Å². The predicted octanol–water partition coefficient (Wildman–Crippen LogP) is 4.17. The number of methoxy groups -OCH3 is 1. The van der Waals surface area contributed by atoms with Gasteiger partial charge in [0.2, 0.25) is 0 Å². The highest BCUT2D eigenvalue weighted by atomic mass is 127. The first kappa shape index (κ1) is 14.6. The highest BCUT2D eigenvalue weighted by molar-refractivity contribution is 14.1. The van der Waals surface area contributed by atoms with Gasteiger partial charge in [0.1, 0.15) is 17.7 Å². The Balaban J connectivity index is 2.51. The van der Waals surface area contributed by atoms with Crippen LogP contribution in [0.1, 0.15) is 17.2 Å². The Hall–Kier alpha value is -0.850. The van der Waals surface area contributed by atoms with Crippen LogP contribution in [0.2, 0.25) is 5.02 Å². The molecule has 0 amide bonds. The van der Waals surface area contributed by atoms with E-state index in [4.69, 9.17) is 16.3 Å². The molecule has 100 valence electrons. The summed E-state index contributed by atoms with van der Waals surface area (Å²) in [6.45, 7) is 0. The monoisotopic (exact) mass is 392 g/mol. The maximum Gasteiger partial charge on any atom is 0.125 e. The topological polar surface area (TPSA) is 29.5 Å². The van der Waals surface area contributed by atoms with Crippen molar-refractivity contribution >= 4 is 34.2 Å². The summed E-state index contributed by atoms with van der Waals surface area (Å²) < 4.78 is 19.3. The maximum absolute atomic E-state index is 13.3. The average Bonchev–Trinajstić information content (AvgIpc) is 2.40. The van der Waals surface area contributed by atoms with E-state index in [1.165, 1.54) is 25.3 Å². The highest BCUT2D eigenvalue weighted by Crippen LogP contribution is 2.33. The van der Waals surface area contributed by atoms with Crippen molar-refractivity contribution in [3.8, 4) is 5.75 Å². The van der Waals surface area contributed by atoms with Crippen molar-refractivity contribution < 1.29 is 14.2 Å². The second-order valence-corrected chi connectivity index (χ2v) is 5.55. The smallest absolute Gasteiger partial charge is 0.125 e. The zero-order chi connectivity index (χ0) is 14.0. The van der Waals surface area contributed by atoms with E-state index in [1.807, 2.05) is 0 Å². The van der Waals surface area contributed by atoms with Gasteiger partial charge in [-0.2, -0.15) is 0 Å². The lowest BCUT2D eigenvalue weighted by Crippen LogP contribution is -2.05. The molecule has 0 aliphatic heterocycles. The molecule has 0 radical (unpaired) electrons. The molecular formula is C14H11ClFIO2. The minimum absolute atomic E-state index is 0.377. The summed E-state index contributed by atoms with van der Waals surface area (Å²) >= 11 is 8.03. The summed E-state index contributed by atoms with van der Waals surface area (Å²) in [6, 6.07) is 9.25. The molecule has 0 spiro atoms. The van der Waals surface area contributed by atoms with Crippen molar-refractivity contribution in [1.82, 2.24) is 0 Å². The summed E-state index contributed by atoms with van der Waals surface area (Å²) in [5.41, 5.74) is 1.000. The van der Waals surface area contributed by atoms with Crippen LogP contribution in [-0.4, -0.2) is 12.2 Å². The quantitative estimate of drug-likeness (QED) is 0.794. The van der Waals surface area contributed by atoms with Crippen LogP contribution in [-0.2, 0) is 0 Å². The fourth-order valence-corrected chi connectivity index (χ4v) is 2.62. The van der Waals surface area contributed by atoms with Gasteiger partial charge in [-0.3, -0.25) is 0 Å². The lowest BCUT2D eigenvalue weighted by molar-refractivity contribution is 0.213.